The first kappa shape index (κ1) is 10.3. The van der Waals surface area contributed by atoms with Crippen molar-refractivity contribution in [2.75, 3.05) is 13.6 Å². The maximum Gasteiger partial charge on any atom is 0.376 e. The molecule has 14 heavy (non-hydrogen) atoms. The molecular weight excluding hydrogens is 186 g/mol. The van der Waals surface area contributed by atoms with Gasteiger partial charge in [0.05, 0.1) is 0 Å². The number of aliphatic hydroxyl groups excluding tert-OH is 1. The van der Waals surface area contributed by atoms with Gasteiger partial charge in [-0.15, -0.1) is 0 Å². The molecule has 2 N–H and O–H groups in total. The minimum Gasteiger partial charge on any atom is -0.495 e. The van der Waals surface area contributed by atoms with Gasteiger partial charge in [0, 0.05) is 25.2 Å². The Labute approximate surface area is 80.9 Å². The Balaban J connectivity index is 3.05. The maximum absolute atomic E-state index is 11.2. The van der Waals surface area contributed by atoms with Crippen LogP contribution in [0.4, 0.5) is 0 Å². The lowest BCUT2D eigenvalue weighted by atomic mass is 10.0. The summed E-state index contributed by atoms with van der Waals surface area (Å²) < 4.78 is 0. The van der Waals surface area contributed by atoms with E-state index in [1.165, 1.54) is 11.0 Å². The van der Waals surface area contributed by atoms with Crippen LogP contribution < -0.4 is 0 Å². The van der Waals surface area contributed by atoms with Crippen molar-refractivity contribution in [2.24, 2.45) is 0 Å². The zero-order chi connectivity index (χ0) is 10.9. The normalized spacial score (nSPS) is 16.7. The molecule has 0 unspecified atom stereocenters. The SMILES string of the molecule is CC1=C(C(=O)C(=O)O)CN(C)C(O)=C1. The van der Waals surface area contributed by atoms with Crippen LogP contribution in [0.25, 0.3) is 0 Å². The molecule has 1 rings (SSSR count). The van der Waals surface area contributed by atoms with Crippen LogP contribution in [0.15, 0.2) is 23.1 Å². The fourth-order valence-corrected chi connectivity index (χ4v) is 1.21. The first-order valence-corrected chi connectivity index (χ1v) is 4.02. The van der Waals surface area contributed by atoms with Gasteiger partial charge < -0.3 is 15.1 Å². The summed E-state index contributed by atoms with van der Waals surface area (Å²) >= 11 is 0. The lowest BCUT2D eigenvalue weighted by Gasteiger charge is -2.23. The Kier molecular flexibility index (Phi) is 2.60. The molecule has 5 nitrogen and oxygen atoms in total. The second-order valence-electron chi connectivity index (χ2n) is 3.15. The van der Waals surface area contributed by atoms with Crippen LogP contribution >= 0.6 is 0 Å². The monoisotopic (exact) mass is 197 g/mol. The molecule has 0 aliphatic carbocycles. The Hall–Kier alpha value is -1.78. The van der Waals surface area contributed by atoms with Crippen LogP contribution in [0.3, 0.4) is 0 Å². The molecule has 0 amide bonds. The fourth-order valence-electron chi connectivity index (χ4n) is 1.21. The molecule has 0 aromatic rings. The number of hydrogen-bond acceptors (Lipinski definition) is 4. The van der Waals surface area contributed by atoms with Crippen molar-refractivity contribution in [1.82, 2.24) is 4.90 Å². The number of nitrogens with zero attached hydrogens (tertiary/aromatic N) is 1. The van der Waals surface area contributed by atoms with Crippen LogP contribution in [-0.2, 0) is 9.59 Å². The van der Waals surface area contributed by atoms with E-state index in [2.05, 4.69) is 0 Å². The summed E-state index contributed by atoms with van der Waals surface area (Å²) in [4.78, 5) is 23.0. The van der Waals surface area contributed by atoms with Gasteiger partial charge in [0.25, 0.3) is 5.78 Å². The summed E-state index contributed by atoms with van der Waals surface area (Å²) in [5.74, 6) is -2.36. The van der Waals surface area contributed by atoms with Gasteiger partial charge in [0.2, 0.25) is 0 Å². The summed E-state index contributed by atoms with van der Waals surface area (Å²) in [7, 11) is 1.58. The number of carbonyl (C=O) groups is 2. The van der Waals surface area contributed by atoms with Crippen molar-refractivity contribution in [1.29, 1.82) is 0 Å². The van der Waals surface area contributed by atoms with E-state index in [-0.39, 0.29) is 18.0 Å². The molecular formula is C9H11NO4. The van der Waals surface area contributed by atoms with E-state index in [0.29, 0.717) is 5.57 Å². The minimum atomic E-state index is -1.47. The Morgan fingerprint density at radius 2 is 2.07 bits per heavy atom. The first-order chi connectivity index (χ1) is 6.43. The third kappa shape index (κ3) is 1.76. The molecule has 5 heteroatoms. The van der Waals surface area contributed by atoms with Crippen LogP contribution in [0, 0.1) is 0 Å². The van der Waals surface area contributed by atoms with Crippen LogP contribution in [0.2, 0.25) is 0 Å². The number of Topliss-reactive ketones (excluding diaryl/α,β-unsaturated/α-hetero) is 1. The average Bonchev–Trinajstić information content (AvgIpc) is 2.10. The van der Waals surface area contributed by atoms with Crippen molar-refractivity contribution in [3.8, 4) is 0 Å². The molecule has 0 aromatic heterocycles. The number of carboxylic acids is 1. The molecule has 0 bridgehead atoms. The highest BCUT2D eigenvalue weighted by molar-refractivity contribution is 6.40. The van der Waals surface area contributed by atoms with E-state index in [4.69, 9.17) is 5.11 Å². The number of likely N-dealkylation sites (N-methyl/N-ethyl adjacent to an activating group) is 1. The standard InChI is InChI=1S/C9H11NO4/c1-5-3-7(11)10(2)4-6(5)8(12)9(13)14/h3,11H,4H2,1-2H3,(H,13,14). The molecule has 1 heterocycles. The molecule has 0 spiro atoms. The van der Waals surface area contributed by atoms with Gasteiger partial charge >= 0.3 is 5.97 Å². The Morgan fingerprint density at radius 3 is 2.57 bits per heavy atom. The van der Waals surface area contributed by atoms with Crippen LogP contribution in [-0.4, -0.2) is 40.5 Å². The van der Waals surface area contributed by atoms with Gasteiger partial charge in [0.15, 0.2) is 5.88 Å². The zero-order valence-corrected chi connectivity index (χ0v) is 7.94. The lowest BCUT2D eigenvalue weighted by Crippen LogP contribution is -2.30. The van der Waals surface area contributed by atoms with Crippen molar-refractivity contribution in [3.05, 3.63) is 23.1 Å². The van der Waals surface area contributed by atoms with E-state index >= 15 is 0 Å². The van der Waals surface area contributed by atoms with Crippen molar-refractivity contribution >= 4 is 11.8 Å². The van der Waals surface area contributed by atoms with E-state index in [9.17, 15) is 14.7 Å². The summed E-state index contributed by atoms with van der Waals surface area (Å²) in [6.45, 7) is 1.72. The predicted octanol–water partition coefficient (Wildman–Crippen LogP) is 0.301. The van der Waals surface area contributed by atoms with E-state index < -0.39 is 11.8 Å². The zero-order valence-electron chi connectivity index (χ0n) is 7.94. The number of carboxylic acid groups (broad SMARTS) is 1. The predicted molar refractivity (Wildman–Crippen MR) is 48.7 cm³/mol. The minimum absolute atomic E-state index is 0.0319. The van der Waals surface area contributed by atoms with E-state index in [1.807, 2.05) is 0 Å². The smallest absolute Gasteiger partial charge is 0.376 e. The number of ketones is 1. The summed E-state index contributed by atoms with van der Waals surface area (Å²) in [6.07, 6.45) is 1.37. The number of allylic oxidation sites excluding steroid dienone is 2. The molecule has 1 aliphatic heterocycles. The number of hydrogen-bond donors (Lipinski definition) is 2. The Bertz CT molecular complexity index is 354. The van der Waals surface area contributed by atoms with E-state index in [0.717, 1.165) is 0 Å². The number of aliphatic hydroxyl groups is 1. The number of carbonyl (C=O) groups excluding carboxylic acids is 1. The highest BCUT2D eigenvalue weighted by Gasteiger charge is 2.24. The van der Waals surface area contributed by atoms with Gasteiger partial charge in [-0.1, -0.05) is 0 Å². The molecule has 76 valence electrons. The number of aliphatic carboxylic acids is 1. The molecule has 0 atom stereocenters. The van der Waals surface area contributed by atoms with Crippen LogP contribution in [0.5, 0.6) is 0 Å². The summed E-state index contributed by atoms with van der Waals surface area (Å²) in [5, 5.41) is 17.8. The maximum atomic E-state index is 11.2. The lowest BCUT2D eigenvalue weighted by molar-refractivity contribution is -0.147. The highest BCUT2D eigenvalue weighted by Crippen LogP contribution is 2.17. The molecule has 0 radical (unpaired) electrons. The van der Waals surface area contributed by atoms with Gasteiger partial charge in [0.1, 0.15) is 0 Å². The molecule has 0 aromatic carbocycles. The van der Waals surface area contributed by atoms with Gasteiger partial charge in [-0.3, -0.25) is 4.79 Å². The van der Waals surface area contributed by atoms with Crippen molar-refractivity contribution in [3.63, 3.8) is 0 Å². The van der Waals surface area contributed by atoms with Crippen molar-refractivity contribution < 1.29 is 19.8 Å². The molecule has 0 saturated carbocycles. The second kappa shape index (κ2) is 3.53. The highest BCUT2D eigenvalue weighted by atomic mass is 16.4. The average molecular weight is 197 g/mol. The Morgan fingerprint density at radius 1 is 1.50 bits per heavy atom. The van der Waals surface area contributed by atoms with E-state index in [1.54, 1.807) is 14.0 Å². The number of rotatable bonds is 2. The summed E-state index contributed by atoms with van der Waals surface area (Å²) in [5.41, 5.74) is 0.700. The second-order valence-corrected chi connectivity index (χ2v) is 3.15. The third-order valence-corrected chi connectivity index (χ3v) is 2.08. The quantitative estimate of drug-likeness (QED) is 0.622. The molecule has 0 fully saturated rings. The van der Waals surface area contributed by atoms with Gasteiger partial charge in [-0.05, 0) is 12.5 Å². The molecule has 1 aliphatic rings. The van der Waals surface area contributed by atoms with Gasteiger partial charge in [-0.2, -0.15) is 0 Å². The largest absolute Gasteiger partial charge is 0.495 e. The van der Waals surface area contributed by atoms with Crippen molar-refractivity contribution in [2.45, 2.75) is 6.92 Å². The van der Waals surface area contributed by atoms with Crippen LogP contribution in [0.1, 0.15) is 6.92 Å². The fraction of sp³-hybridized carbons (Fsp3) is 0.333. The topological polar surface area (TPSA) is 77.8 Å². The first-order valence-electron chi connectivity index (χ1n) is 4.02. The third-order valence-electron chi connectivity index (χ3n) is 2.08. The molecule has 0 saturated heterocycles. The summed E-state index contributed by atoms with van der Waals surface area (Å²) in [6, 6.07) is 0. The van der Waals surface area contributed by atoms with Gasteiger partial charge in [-0.25, -0.2) is 4.79 Å².